The number of para-hydroxylation sites is 1. The number of aromatic nitrogens is 1. The molecule has 1 N–H and O–H groups in total. The number of carboxylic acid groups (broad SMARTS) is 1. The summed E-state index contributed by atoms with van der Waals surface area (Å²) in [7, 11) is 2.98. The van der Waals surface area contributed by atoms with Crippen LogP contribution in [-0.2, 0) is 9.59 Å². The number of fused-ring (bicyclic) bond motifs is 1. The minimum Gasteiger partial charge on any atom is -0.493 e. The fourth-order valence-corrected chi connectivity index (χ4v) is 4.96. The molecule has 0 fully saturated rings. The molecule has 10 heteroatoms. The topological polar surface area (TPSA) is 116 Å². The third-order valence-corrected chi connectivity index (χ3v) is 6.42. The van der Waals surface area contributed by atoms with Crippen LogP contribution in [0.1, 0.15) is 31.0 Å². The van der Waals surface area contributed by atoms with Crippen molar-refractivity contribution >= 4 is 29.4 Å². The van der Waals surface area contributed by atoms with Gasteiger partial charge in [-0.25, -0.2) is 9.79 Å². The molecular weight excluding hydrogens is 472 g/mol. The monoisotopic (exact) mass is 494 g/mol. The minimum atomic E-state index is -1.18. The van der Waals surface area contributed by atoms with Gasteiger partial charge in [0.1, 0.15) is 5.75 Å². The molecule has 3 aromatic rings. The quantitative estimate of drug-likeness (QED) is 0.413. The second kappa shape index (κ2) is 9.59. The molecule has 2 aromatic carbocycles. The molecule has 1 atom stereocenters. The molecule has 0 aliphatic carbocycles. The van der Waals surface area contributed by atoms with E-state index in [4.69, 9.17) is 14.2 Å². The Balaban J connectivity index is 1.96. The number of methoxy groups -OCH3 is 2. The number of carbonyl (C=O) groups excluding carboxylic acids is 1. The molecule has 1 aromatic heterocycles. The van der Waals surface area contributed by atoms with Crippen LogP contribution in [0.25, 0.3) is 6.08 Å². The SMILES string of the molecule is COc1ccc(C2C(C(=O)O)=C(C)N=c3s/c(=C/c4ccccc4OC(C)=O)c(=O)n32)cc1OC. The van der Waals surface area contributed by atoms with Gasteiger partial charge in [0.15, 0.2) is 16.3 Å². The van der Waals surface area contributed by atoms with E-state index >= 15 is 0 Å². The number of hydrogen-bond acceptors (Lipinski definition) is 8. The normalized spacial score (nSPS) is 15.3. The third kappa shape index (κ3) is 4.47. The van der Waals surface area contributed by atoms with Crippen LogP contribution >= 0.6 is 11.3 Å². The molecule has 180 valence electrons. The average molecular weight is 495 g/mol. The number of rotatable bonds is 6. The molecule has 0 spiro atoms. The fraction of sp³-hybridized carbons (Fsp3) is 0.200. The van der Waals surface area contributed by atoms with Gasteiger partial charge in [-0.2, -0.15) is 0 Å². The lowest BCUT2D eigenvalue weighted by atomic mass is 9.95. The zero-order chi connectivity index (χ0) is 25.3. The van der Waals surface area contributed by atoms with Crippen molar-refractivity contribution < 1.29 is 28.9 Å². The van der Waals surface area contributed by atoms with Crippen molar-refractivity contribution in [3.05, 3.63) is 84.5 Å². The molecule has 2 heterocycles. The second-order valence-electron chi connectivity index (χ2n) is 7.63. The molecule has 1 aliphatic heterocycles. The van der Waals surface area contributed by atoms with Crippen molar-refractivity contribution in [3.63, 3.8) is 0 Å². The number of hydrogen-bond donors (Lipinski definition) is 1. The summed E-state index contributed by atoms with van der Waals surface area (Å²) in [5.41, 5.74) is 0.923. The summed E-state index contributed by atoms with van der Waals surface area (Å²) in [6.45, 7) is 2.90. The highest BCUT2D eigenvalue weighted by Crippen LogP contribution is 2.35. The highest BCUT2D eigenvalue weighted by molar-refractivity contribution is 7.07. The smallest absolute Gasteiger partial charge is 0.335 e. The number of allylic oxidation sites excluding steroid dienone is 1. The predicted octanol–water partition coefficient (Wildman–Crippen LogP) is 2.26. The first kappa shape index (κ1) is 24.0. The third-order valence-electron chi connectivity index (χ3n) is 5.43. The largest absolute Gasteiger partial charge is 0.493 e. The number of esters is 1. The van der Waals surface area contributed by atoms with Crippen LogP contribution < -0.4 is 29.1 Å². The standard InChI is InChI=1S/C25H22N2O7S/c1-13-21(24(30)31)22(16-9-10-18(32-3)19(11-16)33-4)27-23(29)20(35-25(27)26-13)12-15-7-5-6-8-17(15)34-14(2)28/h5-12,22H,1-4H3,(H,30,31)/b20-12+. The van der Waals surface area contributed by atoms with E-state index in [1.54, 1.807) is 55.5 Å². The van der Waals surface area contributed by atoms with Crippen LogP contribution in [0.3, 0.4) is 0 Å². The van der Waals surface area contributed by atoms with E-state index < -0.39 is 23.5 Å². The van der Waals surface area contributed by atoms with Crippen molar-refractivity contribution in [2.45, 2.75) is 19.9 Å². The second-order valence-corrected chi connectivity index (χ2v) is 8.64. The molecule has 0 bridgehead atoms. The zero-order valence-corrected chi connectivity index (χ0v) is 20.2. The summed E-state index contributed by atoms with van der Waals surface area (Å²) < 4.78 is 17.6. The number of aliphatic carboxylic acids is 1. The molecule has 0 amide bonds. The number of benzene rings is 2. The van der Waals surface area contributed by atoms with E-state index in [1.165, 1.54) is 25.7 Å². The van der Waals surface area contributed by atoms with Crippen LogP contribution in [0, 0.1) is 0 Å². The van der Waals surface area contributed by atoms with Crippen molar-refractivity contribution in [2.75, 3.05) is 14.2 Å². The van der Waals surface area contributed by atoms with Gasteiger partial charge in [-0.3, -0.25) is 14.2 Å². The Kier molecular flexibility index (Phi) is 6.57. The van der Waals surface area contributed by atoms with Crippen LogP contribution in [0.5, 0.6) is 17.2 Å². The van der Waals surface area contributed by atoms with Crippen molar-refractivity contribution in [1.29, 1.82) is 0 Å². The van der Waals surface area contributed by atoms with Gasteiger partial charge < -0.3 is 19.3 Å². The predicted molar refractivity (Wildman–Crippen MR) is 129 cm³/mol. The Morgan fingerprint density at radius 2 is 1.80 bits per heavy atom. The fourth-order valence-electron chi connectivity index (χ4n) is 3.92. The van der Waals surface area contributed by atoms with Gasteiger partial charge in [-0.05, 0) is 36.8 Å². The van der Waals surface area contributed by atoms with Gasteiger partial charge in [-0.15, -0.1) is 0 Å². The summed E-state index contributed by atoms with van der Waals surface area (Å²) in [5.74, 6) is -0.474. The number of carbonyl (C=O) groups is 2. The molecule has 4 rings (SSSR count). The van der Waals surface area contributed by atoms with Crippen molar-refractivity contribution in [2.24, 2.45) is 4.99 Å². The van der Waals surface area contributed by atoms with Gasteiger partial charge in [0, 0.05) is 12.5 Å². The van der Waals surface area contributed by atoms with E-state index in [9.17, 15) is 19.5 Å². The van der Waals surface area contributed by atoms with Crippen LogP contribution in [-0.4, -0.2) is 35.8 Å². The molecular formula is C25H22N2O7S. The Morgan fingerprint density at radius 3 is 2.46 bits per heavy atom. The maximum Gasteiger partial charge on any atom is 0.335 e. The summed E-state index contributed by atoms with van der Waals surface area (Å²) in [4.78, 5) is 42.1. The highest BCUT2D eigenvalue weighted by atomic mass is 32.1. The van der Waals surface area contributed by atoms with E-state index in [-0.39, 0.29) is 5.57 Å². The van der Waals surface area contributed by atoms with E-state index in [1.807, 2.05) is 0 Å². The van der Waals surface area contributed by atoms with E-state index in [2.05, 4.69) is 4.99 Å². The lowest BCUT2D eigenvalue weighted by molar-refractivity contribution is -0.133. The van der Waals surface area contributed by atoms with E-state index in [0.717, 1.165) is 11.3 Å². The van der Waals surface area contributed by atoms with Crippen LogP contribution in [0.15, 0.2) is 63.5 Å². The van der Waals surface area contributed by atoms with Crippen molar-refractivity contribution in [1.82, 2.24) is 4.57 Å². The van der Waals surface area contributed by atoms with E-state index in [0.29, 0.717) is 43.4 Å². The molecule has 9 nitrogen and oxygen atoms in total. The Hall–Kier alpha value is -4.18. The van der Waals surface area contributed by atoms with Gasteiger partial charge in [0.2, 0.25) is 0 Å². The first-order valence-electron chi connectivity index (χ1n) is 10.5. The molecule has 35 heavy (non-hydrogen) atoms. The van der Waals surface area contributed by atoms with Crippen molar-refractivity contribution in [3.8, 4) is 17.2 Å². The Bertz CT molecular complexity index is 1550. The zero-order valence-electron chi connectivity index (χ0n) is 19.4. The summed E-state index contributed by atoms with van der Waals surface area (Å²) in [5, 5.41) is 10.0. The first-order chi connectivity index (χ1) is 16.7. The van der Waals surface area contributed by atoms with Crippen LogP contribution in [0.4, 0.5) is 0 Å². The van der Waals surface area contributed by atoms with Gasteiger partial charge >= 0.3 is 11.9 Å². The molecule has 0 saturated heterocycles. The lowest BCUT2D eigenvalue weighted by Crippen LogP contribution is -2.39. The Morgan fingerprint density at radius 1 is 1.09 bits per heavy atom. The van der Waals surface area contributed by atoms with Gasteiger partial charge in [0.05, 0.1) is 36.1 Å². The summed E-state index contributed by atoms with van der Waals surface area (Å²) >= 11 is 1.12. The molecule has 1 unspecified atom stereocenters. The number of nitrogens with zero attached hydrogens (tertiary/aromatic N) is 2. The maximum atomic E-state index is 13.6. The molecule has 1 aliphatic rings. The molecule has 0 radical (unpaired) electrons. The number of ether oxygens (including phenoxy) is 3. The molecule has 0 saturated carbocycles. The number of carboxylic acids is 1. The van der Waals surface area contributed by atoms with Gasteiger partial charge in [-0.1, -0.05) is 35.6 Å². The first-order valence-corrected chi connectivity index (χ1v) is 11.3. The average Bonchev–Trinajstić information content (AvgIpc) is 3.12. The highest BCUT2D eigenvalue weighted by Gasteiger charge is 2.33. The summed E-state index contributed by atoms with van der Waals surface area (Å²) in [6, 6.07) is 10.9. The van der Waals surface area contributed by atoms with Gasteiger partial charge in [0.25, 0.3) is 5.56 Å². The summed E-state index contributed by atoms with van der Waals surface area (Å²) in [6.07, 6.45) is 1.60. The maximum absolute atomic E-state index is 13.6. The Labute approximate surface area is 203 Å². The lowest BCUT2D eigenvalue weighted by Gasteiger charge is -2.24. The van der Waals surface area contributed by atoms with Crippen LogP contribution in [0.2, 0.25) is 0 Å². The number of thiazole rings is 1. The minimum absolute atomic E-state index is 0.0171.